The second-order valence-corrected chi connectivity index (χ2v) is 6.31. The molecule has 7 heteroatoms. The number of nitrogens with one attached hydrogen (secondary N) is 1. The van der Waals surface area contributed by atoms with Crippen molar-refractivity contribution in [2.45, 2.75) is 26.7 Å². The van der Waals surface area contributed by atoms with E-state index < -0.39 is 11.4 Å². The molecule has 22 heavy (non-hydrogen) atoms. The van der Waals surface area contributed by atoms with Crippen molar-refractivity contribution in [3.63, 3.8) is 0 Å². The van der Waals surface area contributed by atoms with Gasteiger partial charge in [-0.2, -0.15) is 0 Å². The molecular weight excluding hydrogens is 329 g/mol. The van der Waals surface area contributed by atoms with Gasteiger partial charge in [-0.15, -0.1) is 0 Å². The van der Waals surface area contributed by atoms with Crippen LogP contribution in [0.3, 0.4) is 0 Å². The van der Waals surface area contributed by atoms with Gasteiger partial charge in [0.05, 0.1) is 23.5 Å². The predicted molar refractivity (Wildman–Crippen MR) is 85.6 cm³/mol. The third-order valence-corrected chi connectivity index (χ3v) is 3.66. The first-order valence-corrected chi connectivity index (χ1v) is 7.56. The van der Waals surface area contributed by atoms with Crippen molar-refractivity contribution in [3.05, 3.63) is 28.2 Å². The zero-order chi connectivity index (χ0) is 16.8. The quantitative estimate of drug-likeness (QED) is 0.755. The Balaban J connectivity index is 2.28. The number of amides is 1. The first-order chi connectivity index (χ1) is 10.2. The summed E-state index contributed by atoms with van der Waals surface area (Å²) >= 11 is 11.7. The van der Waals surface area contributed by atoms with E-state index in [2.05, 4.69) is 5.32 Å². The highest BCUT2D eigenvalue weighted by Gasteiger charge is 2.26. The molecule has 0 spiro atoms. The number of hydrogen-bond donors (Lipinski definition) is 2. The van der Waals surface area contributed by atoms with Crippen LogP contribution in [0.2, 0.25) is 10.0 Å². The van der Waals surface area contributed by atoms with Gasteiger partial charge in [-0.1, -0.05) is 23.2 Å². The van der Waals surface area contributed by atoms with Gasteiger partial charge in [-0.05, 0) is 38.5 Å². The molecule has 0 aliphatic rings. The van der Waals surface area contributed by atoms with Crippen molar-refractivity contribution in [2.24, 2.45) is 5.41 Å². The predicted octanol–water partition coefficient (Wildman–Crippen LogP) is 3.38. The second kappa shape index (κ2) is 8.25. The average molecular weight is 348 g/mol. The zero-order valence-corrected chi connectivity index (χ0v) is 14.0. The highest BCUT2D eigenvalue weighted by molar-refractivity contribution is 6.35. The van der Waals surface area contributed by atoms with Gasteiger partial charge < -0.3 is 15.2 Å². The Morgan fingerprint density at radius 1 is 1.32 bits per heavy atom. The lowest BCUT2D eigenvalue weighted by atomic mass is 9.90. The topological polar surface area (TPSA) is 75.6 Å². The minimum absolute atomic E-state index is 0.159. The summed E-state index contributed by atoms with van der Waals surface area (Å²) in [7, 11) is 0. The van der Waals surface area contributed by atoms with Gasteiger partial charge in [-0.25, -0.2) is 0 Å². The minimum Gasteiger partial charge on any atom is -0.491 e. The summed E-state index contributed by atoms with van der Waals surface area (Å²) in [5, 5.41) is 12.5. The van der Waals surface area contributed by atoms with Gasteiger partial charge in [0.1, 0.15) is 5.75 Å². The highest BCUT2D eigenvalue weighted by Crippen LogP contribution is 2.27. The van der Waals surface area contributed by atoms with Gasteiger partial charge >= 0.3 is 5.97 Å². The maximum absolute atomic E-state index is 11.6. The molecule has 0 aromatic heterocycles. The van der Waals surface area contributed by atoms with E-state index in [-0.39, 0.29) is 18.9 Å². The molecule has 1 aromatic carbocycles. The first kappa shape index (κ1) is 18.6. The number of benzene rings is 1. The summed E-state index contributed by atoms with van der Waals surface area (Å²) in [4.78, 5) is 22.6. The van der Waals surface area contributed by atoms with E-state index in [9.17, 15) is 9.59 Å². The van der Waals surface area contributed by atoms with E-state index in [1.165, 1.54) is 0 Å². The molecule has 0 heterocycles. The zero-order valence-electron chi connectivity index (χ0n) is 12.5. The van der Waals surface area contributed by atoms with Crippen LogP contribution >= 0.6 is 23.2 Å². The van der Waals surface area contributed by atoms with Crippen molar-refractivity contribution in [1.29, 1.82) is 0 Å². The third-order valence-electron chi connectivity index (χ3n) is 3.13. The van der Waals surface area contributed by atoms with Crippen molar-refractivity contribution in [3.8, 4) is 5.75 Å². The Morgan fingerprint density at radius 2 is 2.00 bits per heavy atom. The summed E-state index contributed by atoms with van der Waals surface area (Å²) < 4.78 is 5.40. The van der Waals surface area contributed by atoms with Crippen molar-refractivity contribution < 1.29 is 19.4 Å². The van der Waals surface area contributed by atoms with Crippen LogP contribution in [0.25, 0.3) is 0 Å². The molecule has 0 aliphatic carbocycles. The maximum atomic E-state index is 11.6. The normalized spacial score (nSPS) is 11.1. The molecule has 0 fully saturated rings. The highest BCUT2D eigenvalue weighted by atomic mass is 35.5. The third kappa shape index (κ3) is 6.12. The number of carboxylic acids is 1. The van der Waals surface area contributed by atoms with Crippen LogP contribution in [0, 0.1) is 5.41 Å². The molecule has 0 bridgehead atoms. The number of halogens is 2. The molecule has 0 saturated heterocycles. The largest absolute Gasteiger partial charge is 0.491 e. The van der Waals surface area contributed by atoms with E-state index in [0.29, 0.717) is 28.8 Å². The van der Waals surface area contributed by atoms with Crippen LogP contribution in [0.1, 0.15) is 26.7 Å². The van der Waals surface area contributed by atoms with Crippen LogP contribution in [-0.4, -0.2) is 30.1 Å². The van der Waals surface area contributed by atoms with Gasteiger partial charge in [0.2, 0.25) is 5.91 Å². The van der Waals surface area contributed by atoms with E-state index in [1.807, 2.05) is 0 Å². The van der Waals surface area contributed by atoms with Crippen molar-refractivity contribution in [2.75, 3.05) is 13.2 Å². The number of carbonyl (C=O) groups is 2. The molecule has 122 valence electrons. The average Bonchev–Trinajstić information content (AvgIpc) is 2.41. The van der Waals surface area contributed by atoms with E-state index in [4.69, 9.17) is 33.0 Å². The summed E-state index contributed by atoms with van der Waals surface area (Å²) in [6.45, 7) is 3.72. The lowest BCUT2D eigenvalue weighted by Gasteiger charge is -2.18. The Morgan fingerprint density at radius 3 is 2.59 bits per heavy atom. The Hall–Kier alpha value is -1.46. The van der Waals surface area contributed by atoms with E-state index in [1.54, 1.807) is 32.0 Å². The molecule has 2 N–H and O–H groups in total. The SMILES string of the molecule is CC(C)(CCNC(=O)CCOc1ccc(Cl)cc1Cl)C(=O)O. The lowest BCUT2D eigenvalue weighted by molar-refractivity contribution is -0.147. The Kier molecular flexibility index (Phi) is 6.97. The Bertz CT molecular complexity index is 546. The van der Waals surface area contributed by atoms with Crippen molar-refractivity contribution >= 4 is 35.1 Å². The monoisotopic (exact) mass is 347 g/mol. The van der Waals surface area contributed by atoms with Gasteiger partial charge in [0.25, 0.3) is 0 Å². The van der Waals surface area contributed by atoms with Gasteiger partial charge in [-0.3, -0.25) is 9.59 Å². The van der Waals surface area contributed by atoms with Crippen molar-refractivity contribution in [1.82, 2.24) is 5.32 Å². The van der Waals surface area contributed by atoms with Crippen LogP contribution < -0.4 is 10.1 Å². The summed E-state index contributed by atoms with van der Waals surface area (Å²) in [6, 6.07) is 4.85. The molecule has 0 atom stereocenters. The fourth-order valence-electron chi connectivity index (χ4n) is 1.56. The minimum atomic E-state index is -0.887. The summed E-state index contributed by atoms with van der Waals surface area (Å²) in [6.07, 6.45) is 0.518. The fraction of sp³-hybridized carbons (Fsp3) is 0.467. The molecule has 1 amide bonds. The summed E-state index contributed by atoms with van der Waals surface area (Å²) in [5.74, 6) is -0.625. The number of rotatable bonds is 8. The van der Waals surface area contributed by atoms with Crippen LogP contribution in [-0.2, 0) is 9.59 Å². The molecule has 1 aromatic rings. The van der Waals surface area contributed by atoms with E-state index >= 15 is 0 Å². The molecule has 0 radical (unpaired) electrons. The number of hydrogen-bond acceptors (Lipinski definition) is 3. The molecule has 0 aliphatic heterocycles. The molecule has 1 rings (SSSR count). The fourth-order valence-corrected chi connectivity index (χ4v) is 2.02. The summed E-state index contributed by atoms with van der Waals surface area (Å²) in [5.41, 5.74) is -0.861. The van der Waals surface area contributed by atoms with Gasteiger partial charge in [0.15, 0.2) is 0 Å². The maximum Gasteiger partial charge on any atom is 0.309 e. The first-order valence-electron chi connectivity index (χ1n) is 6.80. The van der Waals surface area contributed by atoms with Crippen LogP contribution in [0.15, 0.2) is 18.2 Å². The second-order valence-electron chi connectivity index (χ2n) is 5.46. The molecule has 5 nitrogen and oxygen atoms in total. The van der Waals surface area contributed by atoms with Crippen LogP contribution in [0.5, 0.6) is 5.75 Å². The molecule has 0 unspecified atom stereocenters. The number of aliphatic carboxylic acids is 1. The molecule has 0 saturated carbocycles. The van der Waals surface area contributed by atoms with Gasteiger partial charge in [0, 0.05) is 11.6 Å². The van der Waals surface area contributed by atoms with Crippen LogP contribution in [0.4, 0.5) is 0 Å². The van der Waals surface area contributed by atoms with E-state index in [0.717, 1.165) is 0 Å². The number of carbonyl (C=O) groups excluding carboxylic acids is 1. The number of carboxylic acid groups (broad SMARTS) is 1. The smallest absolute Gasteiger partial charge is 0.309 e. The Labute approximate surface area is 139 Å². The molecular formula is C15H19Cl2NO4. The number of ether oxygens (including phenoxy) is 1. The standard InChI is InChI=1S/C15H19Cl2NO4/c1-15(2,14(20)21)6-7-18-13(19)5-8-22-12-4-3-10(16)9-11(12)17/h3-4,9H,5-8H2,1-2H3,(H,18,19)(H,20,21). The lowest BCUT2D eigenvalue weighted by Crippen LogP contribution is -2.32.